The molecule has 0 unspecified atom stereocenters. The summed E-state index contributed by atoms with van der Waals surface area (Å²) in [6.45, 7) is 6.31. The summed E-state index contributed by atoms with van der Waals surface area (Å²) in [7, 11) is 1.89. The molecule has 0 radical (unpaired) electrons. The number of amides is 1. The van der Waals surface area contributed by atoms with Gasteiger partial charge in [-0.25, -0.2) is 0 Å². The number of benzene rings is 1. The number of anilines is 1. The molecular formula is C24H32Cl2N4O2S. The van der Waals surface area contributed by atoms with Gasteiger partial charge in [-0.2, -0.15) is 0 Å². The first kappa shape index (κ1) is 27.1. The number of rotatable bonds is 9. The second-order valence-corrected chi connectivity index (χ2v) is 8.81. The second kappa shape index (κ2) is 13.5. The van der Waals surface area contributed by atoms with Gasteiger partial charge in [0, 0.05) is 50.8 Å². The van der Waals surface area contributed by atoms with Crippen molar-refractivity contribution in [2.75, 3.05) is 44.2 Å². The largest absolute Gasteiger partial charge is 0.486 e. The minimum absolute atomic E-state index is 0. The molecule has 4 rings (SSSR count). The Labute approximate surface area is 212 Å². The highest BCUT2D eigenvalue weighted by Crippen LogP contribution is 2.30. The van der Waals surface area contributed by atoms with Gasteiger partial charge >= 0.3 is 0 Å². The first-order chi connectivity index (χ1) is 15.2. The van der Waals surface area contributed by atoms with Crippen molar-refractivity contribution in [2.24, 2.45) is 7.05 Å². The lowest BCUT2D eigenvalue weighted by atomic mass is 10.2. The van der Waals surface area contributed by atoms with E-state index >= 15 is 0 Å². The smallest absolute Gasteiger partial charge is 0.267 e. The maximum Gasteiger partial charge on any atom is 0.267 e. The van der Waals surface area contributed by atoms with E-state index in [1.54, 1.807) is 11.3 Å². The standard InChI is InChI=1S/C24H30N4O2S.2ClH/c1-26-12-4-9-22(26)24(29)25-11-6-13-27-14-16-28(17-15-27)21-8-2-3-10-23(21)30-19-20-7-5-18-31-20;;/h2-5,7-10,12,18H,6,11,13-17,19H2,1H3,(H,25,29);2*1H. The van der Waals surface area contributed by atoms with Crippen molar-refractivity contribution >= 4 is 47.7 Å². The molecular weight excluding hydrogens is 479 g/mol. The number of aromatic nitrogens is 1. The predicted molar refractivity (Wildman–Crippen MR) is 141 cm³/mol. The van der Waals surface area contributed by atoms with Crippen molar-refractivity contribution in [3.63, 3.8) is 0 Å². The Bertz CT molecular complexity index is 973. The SMILES string of the molecule is Cl.Cl.Cn1cccc1C(=O)NCCCN1CCN(c2ccccc2OCc2cccs2)CC1. The maximum absolute atomic E-state index is 12.2. The van der Waals surface area contributed by atoms with E-state index in [0.717, 1.165) is 44.9 Å². The zero-order chi connectivity index (χ0) is 21.5. The summed E-state index contributed by atoms with van der Waals surface area (Å²) in [5.74, 6) is 0.948. The molecule has 0 spiro atoms. The number of nitrogens with one attached hydrogen (secondary N) is 1. The number of halogens is 2. The Hall–Kier alpha value is -2.19. The summed E-state index contributed by atoms with van der Waals surface area (Å²) < 4.78 is 7.96. The average molecular weight is 512 g/mol. The number of hydrogen-bond donors (Lipinski definition) is 1. The third kappa shape index (κ3) is 7.40. The van der Waals surface area contributed by atoms with Crippen molar-refractivity contribution in [3.05, 3.63) is 70.7 Å². The monoisotopic (exact) mass is 510 g/mol. The molecule has 1 saturated heterocycles. The molecule has 1 aromatic carbocycles. The third-order valence-electron chi connectivity index (χ3n) is 5.64. The molecule has 180 valence electrons. The first-order valence-corrected chi connectivity index (χ1v) is 11.7. The van der Waals surface area contributed by atoms with Crippen LogP contribution in [-0.2, 0) is 13.7 Å². The summed E-state index contributed by atoms with van der Waals surface area (Å²) in [6.07, 6.45) is 2.84. The molecule has 3 aromatic rings. The van der Waals surface area contributed by atoms with Crippen molar-refractivity contribution in [2.45, 2.75) is 13.0 Å². The molecule has 9 heteroatoms. The van der Waals surface area contributed by atoms with Crippen molar-refractivity contribution in [1.29, 1.82) is 0 Å². The number of nitrogens with zero attached hydrogens (tertiary/aromatic N) is 3. The molecule has 33 heavy (non-hydrogen) atoms. The van der Waals surface area contributed by atoms with E-state index in [4.69, 9.17) is 4.74 Å². The van der Waals surface area contributed by atoms with Crippen LogP contribution in [-0.4, -0.2) is 54.6 Å². The topological polar surface area (TPSA) is 49.7 Å². The summed E-state index contributed by atoms with van der Waals surface area (Å²) in [6, 6.07) is 16.2. The first-order valence-electron chi connectivity index (χ1n) is 10.8. The van der Waals surface area contributed by atoms with Gasteiger partial charge in [-0.1, -0.05) is 18.2 Å². The van der Waals surface area contributed by atoms with Gasteiger partial charge < -0.3 is 19.5 Å². The highest BCUT2D eigenvalue weighted by molar-refractivity contribution is 7.09. The Morgan fingerprint density at radius 2 is 1.82 bits per heavy atom. The van der Waals surface area contributed by atoms with E-state index in [1.165, 1.54) is 10.6 Å². The summed E-state index contributed by atoms with van der Waals surface area (Å²) in [5.41, 5.74) is 1.88. The van der Waals surface area contributed by atoms with E-state index in [-0.39, 0.29) is 30.7 Å². The van der Waals surface area contributed by atoms with Gasteiger partial charge in [0.05, 0.1) is 5.69 Å². The van der Waals surface area contributed by atoms with Crippen LogP contribution >= 0.6 is 36.2 Å². The zero-order valence-electron chi connectivity index (χ0n) is 18.8. The highest BCUT2D eigenvalue weighted by Gasteiger charge is 2.19. The van der Waals surface area contributed by atoms with Crippen LogP contribution in [0.2, 0.25) is 0 Å². The van der Waals surface area contributed by atoms with Gasteiger partial charge in [0.25, 0.3) is 5.91 Å². The minimum Gasteiger partial charge on any atom is -0.486 e. The third-order valence-corrected chi connectivity index (χ3v) is 6.49. The van der Waals surface area contributed by atoms with Crippen molar-refractivity contribution in [3.8, 4) is 5.75 Å². The Kier molecular flexibility index (Phi) is 11.1. The van der Waals surface area contributed by atoms with E-state index in [2.05, 4.69) is 50.8 Å². The number of hydrogen-bond acceptors (Lipinski definition) is 5. The fraction of sp³-hybridized carbons (Fsp3) is 0.375. The molecule has 1 N–H and O–H groups in total. The van der Waals surface area contributed by atoms with Crippen LogP contribution in [0.15, 0.2) is 60.1 Å². The Morgan fingerprint density at radius 3 is 2.52 bits per heavy atom. The number of para-hydroxylation sites is 2. The molecule has 0 bridgehead atoms. The molecule has 1 aliphatic rings. The number of carbonyl (C=O) groups is 1. The quantitative estimate of drug-likeness (QED) is 0.432. The average Bonchev–Trinajstić information content (AvgIpc) is 3.47. The lowest BCUT2D eigenvalue weighted by Gasteiger charge is -2.36. The van der Waals surface area contributed by atoms with Gasteiger partial charge in [-0.3, -0.25) is 9.69 Å². The van der Waals surface area contributed by atoms with Crippen LogP contribution in [0.4, 0.5) is 5.69 Å². The van der Waals surface area contributed by atoms with Crippen LogP contribution in [0.1, 0.15) is 21.8 Å². The van der Waals surface area contributed by atoms with Gasteiger partial charge in [-0.15, -0.1) is 36.2 Å². The normalized spacial score (nSPS) is 13.7. The van der Waals surface area contributed by atoms with Gasteiger partial charge in [-0.05, 0) is 48.7 Å². The molecule has 0 atom stereocenters. The van der Waals surface area contributed by atoms with Crippen LogP contribution in [0, 0.1) is 0 Å². The lowest BCUT2D eigenvalue weighted by Crippen LogP contribution is -2.47. The summed E-state index contributed by atoms with van der Waals surface area (Å²) in [4.78, 5) is 18.3. The van der Waals surface area contributed by atoms with Gasteiger partial charge in [0.2, 0.25) is 0 Å². The maximum atomic E-state index is 12.2. The molecule has 2 aromatic heterocycles. The van der Waals surface area contributed by atoms with Crippen molar-refractivity contribution in [1.82, 2.24) is 14.8 Å². The molecule has 1 fully saturated rings. The molecule has 6 nitrogen and oxygen atoms in total. The number of ether oxygens (including phenoxy) is 1. The fourth-order valence-corrected chi connectivity index (χ4v) is 4.50. The number of thiophene rings is 1. The van der Waals surface area contributed by atoms with Crippen LogP contribution < -0.4 is 15.0 Å². The second-order valence-electron chi connectivity index (χ2n) is 7.78. The highest BCUT2D eigenvalue weighted by atomic mass is 35.5. The Balaban J connectivity index is 0.00000193. The molecule has 1 aliphatic heterocycles. The number of aryl methyl sites for hydroxylation is 1. The van der Waals surface area contributed by atoms with E-state index < -0.39 is 0 Å². The van der Waals surface area contributed by atoms with Gasteiger partial charge in [0.15, 0.2) is 0 Å². The number of piperazine rings is 1. The predicted octanol–water partition coefficient (Wildman–Crippen LogP) is 4.45. The number of carbonyl (C=O) groups excluding carboxylic acids is 1. The molecule has 3 heterocycles. The van der Waals surface area contributed by atoms with Gasteiger partial charge in [0.1, 0.15) is 18.1 Å². The van der Waals surface area contributed by atoms with Crippen LogP contribution in [0.5, 0.6) is 5.75 Å². The molecule has 1 amide bonds. The fourth-order valence-electron chi connectivity index (χ4n) is 3.89. The zero-order valence-corrected chi connectivity index (χ0v) is 21.3. The summed E-state index contributed by atoms with van der Waals surface area (Å²) >= 11 is 1.72. The lowest BCUT2D eigenvalue weighted by molar-refractivity contribution is 0.0943. The van der Waals surface area contributed by atoms with E-state index in [1.807, 2.05) is 36.0 Å². The minimum atomic E-state index is -0.00326. The van der Waals surface area contributed by atoms with Crippen molar-refractivity contribution < 1.29 is 9.53 Å². The molecule has 0 aliphatic carbocycles. The van der Waals surface area contributed by atoms with Crippen LogP contribution in [0.25, 0.3) is 0 Å². The Morgan fingerprint density at radius 1 is 1.03 bits per heavy atom. The summed E-state index contributed by atoms with van der Waals surface area (Å²) in [5, 5.41) is 5.10. The van der Waals surface area contributed by atoms with E-state index in [9.17, 15) is 4.79 Å². The molecule has 0 saturated carbocycles. The van der Waals surface area contributed by atoms with E-state index in [0.29, 0.717) is 18.8 Å². The van der Waals surface area contributed by atoms with Crippen LogP contribution in [0.3, 0.4) is 0 Å².